The molecule has 2 heterocycles. The molecule has 0 aliphatic carbocycles. The van der Waals surface area contributed by atoms with Crippen molar-refractivity contribution < 1.29 is 26.4 Å². The summed E-state index contributed by atoms with van der Waals surface area (Å²) in [6.07, 6.45) is -1.60. The first-order chi connectivity index (χ1) is 10.1. The quantitative estimate of drug-likeness (QED) is 0.881. The lowest BCUT2D eigenvalue weighted by molar-refractivity contribution is -0.163. The van der Waals surface area contributed by atoms with Gasteiger partial charge in [-0.1, -0.05) is 0 Å². The number of hydrogen-bond donors (Lipinski definition) is 1. The number of nitrogens with zero attached hydrogens (tertiary/aromatic N) is 2. The third kappa shape index (κ3) is 3.80. The fourth-order valence-corrected chi connectivity index (χ4v) is 3.76. The van der Waals surface area contributed by atoms with Crippen molar-refractivity contribution in [3.63, 3.8) is 0 Å². The minimum atomic E-state index is -4.67. The van der Waals surface area contributed by atoms with Crippen molar-refractivity contribution >= 4 is 15.9 Å². The van der Waals surface area contributed by atoms with E-state index < -0.39 is 34.7 Å². The van der Waals surface area contributed by atoms with E-state index in [-0.39, 0.29) is 17.9 Å². The van der Waals surface area contributed by atoms with Crippen LogP contribution < -0.4 is 5.32 Å². The van der Waals surface area contributed by atoms with Gasteiger partial charge in [0.15, 0.2) is 6.04 Å². The van der Waals surface area contributed by atoms with Crippen molar-refractivity contribution in [1.29, 1.82) is 0 Å². The Morgan fingerprint density at radius 2 is 2.14 bits per heavy atom. The fourth-order valence-electron chi connectivity index (χ4n) is 2.29. The van der Waals surface area contributed by atoms with Crippen LogP contribution in [0.3, 0.4) is 0 Å². The van der Waals surface area contributed by atoms with Crippen molar-refractivity contribution in [3.8, 4) is 0 Å². The Kier molecular flexibility index (Phi) is 4.52. The minimum Gasteiger partial charge on any atom is -0.357 e. The van der Waals surface area contributed by atoms with E-state index in [2.05, 4.69) is 0 Å². The van der Waals surface area contributed by atoms with Crippen LogP contribution in [0.5, 0.6) is 0 Å². The summed E-state index contributed by atoms with van der Waals surface area (Å²) in [6, 6.07) is -0.906. The van der Waals surface area contributed by atoms with E-state index in [0.717, 1.165) is 4.31 Å². The van der Waals surface area contributed by atoms with Crippen LogP contribution >= 0.6 is 0 Å². The van der Waals surface area contributed by atoms with Crippen LogP contribution in [-0.2, 0) is 21.9 Å². The zero-order chi connectivity index (χ0) is 16.5. The largest absolute Gasteiger partial charge is 0.412 e. The van der Waals surface area contributed by atoms with E-state index in [9.17, 15) is 26.4 Å². The second kappa shape index (κ2) is 5.92. The van der Waals surface area contributed by atoms with Gasteiger partial charge in [0.05, 0.1) is 12.3 Å². The molecule has 1 aliphatic rings. The van der Waals surface area contributed by atoms with E-state index >= 15 is 0 Å². The van der Waals surface area contributed by atoms with Gasteiger partial charge in [0, 0.05) is 31.5 Å². The lowest BCUT2D eigenvalue weighted by atomic mass is 10.1. The normalized spacial score (nSPS) is 20.0. The first-order valence-electron chi connectivity index (χ1n) is 6.55. The number of carbonyl (C=O) groups is 1. The molecule has 1 aliphatic heterocycles. The number of rotatable bonds is 4. The number of alkyl halides is 3. The van der Waals surface area contributed by atoms with E-state index in [1.165, 1.54) is 23.0 Å². The van der Waals surface area contributed by atoms with Gasteiger partial charge in [0.1, 0.15) is 0 Å². The highest BCUT2D eigenvalue weighted by atomic mass is 32.2. The third-order valence-electron chi connectivity index (χ3n) is 3.34. The van der Waals surface area contributed by atoms with Crippen LogP contribution in [0.15, 0.2) is 18.5 Å². The topological polar surface area (TPSA) is 71.4 Å². The maximum absolute atomic E-state index is 13.1. The monoisotopic (exact) mass is 339 g/mol. The highest BCUT2D eigenvalue weighted by molar-refractivity contribution is 7.89. The molecule has 0 aromatic carbocycles. The van der Waals surface area contributed by atoms with Crippen molar-refractivity contribution in [2.75, 3.05) is 18.8 Å². The van der Waals surface area contributed by atoms with Gasteiger partial charge >= 0.3 is 6.18 Å². The first kappa shape index (κ1) is 16.8. The molecule has 2 rings (SSSR count). The molecule has 1 aromatic heterocycles. The Morgan fingerprint density at radius 3 is 2.59 bits per heavy atom. The Balaban J connectivity index is 2.09. The van der Waals surface area contributed by atoms with E-state index in [1.54, 1.807) is 7.05 Å². The van der Waals surface area contributed by atoms with Gasteiger partial charge in [0.25, 0.3) is 0 Å². The number of amides is 1. The number of carbonyl (C=O) groups excluding carboxylic acids is 1. The summed E-state index contributed by atoms with van der Waals surface area (Å²) in [5, 5.41) is 1.87. The van der Waals surface area contributed by atoms with Gasteiger partial charge < -0.3 is 9.88 Å². The molecule has 10 heteroatoms. The molecule has 0 bridgehead atoms. The highest BCUT2D eigenvalue weighted by Gasteiger charge is 2.42. The minimum absolute atomic E-state index is 0.0817. The van der Waals surface area contributed by atoms with Gasteiger partial charge in [-0.15, -0.1) is 0 Å². The molecule has 1 saturated heterocycles. The predicted molar refractivity (Wildman–Crippen MR) is 72.3 cm³/mol. The number of hydrogen-bond acceptors (Lipinski definition) is 3. The summed E-state index contributed by atoms with van der Waals surface area (Å²) in [7, 11) is -1.96. The maximum atomic E-state index is 13.1. The van der Waals surface area contributed by atoms with Gasteiger partial charge in [-0.25, -0.2) is 8.42 Å². The Labute approximate surface area is 125 Å². The molecule has 0 saturated carbocycles. The first-order valence-corrected chi connectivity index (χ1v) is 8.16. The molecular weight excluding hydrogens is 323 g/mol. The molecule has 1 amide bonds. The standard InChI is InChI=1S/C12H16F3N3O3S/c1-17-5-3-9(7-17)11(12(13,14)15)16-10(19)8-18-4-2-6-22(18,20)21/h3,5,7,11H,2,4,6,8H2,1H3,(H,16,19)/t11-/m0/s1. The molecular formula is C12H16F3N3O3S. The molecule has 22 heavy (non-hydrogen) atoms. The molecule has 124 valence electrons. The average molecular weight is 339 g/mol. The second-order valence-corrected chi connectivity index (χ2v) is 7.24. The Morgan fingerprint density at radius 1 is 1.45 bits per heavy atom. The summed E-state index contributed by atoms with van der Waals surface area (Å²) < 4.78 is 64.7. The van der Waals surface area contributed by atoms with Crippen LogP contribution in [0.1, 0.15) is 18.0 Å². The van der Waals surface area contributed by atoms with Crippen LogP contribution in [0, 0.1) is 0 Å². The van der Waals surface area contributed by atoms with Crippen molar-refractivity contribution in [1.82, 2.24) is 14.2 Å². The van der Waals surface area contributed by atoms with Crippen LogP contribution in [0.25, 0.3) is 0 Å². The summed E-state index contributed by atoms with van der Waals surface area (Å²) in [5.74, 6) is -1.06. The molecule has 1 fully saturated rings. The lowest BCUT2D eigenvalue weighted by Crippen LogP contribution is -2.43. The highest BCUT2D eigenvalue weighted by Crippen LogP contribution is 2.32. The number of sulfonamides is 1. The SMILES string of the molecule is Cn1ccc([C@H](NC(=O)CN2CCCS2(=O)=O)C(F)(F)F)c1. The van der Waals surface area contributed by atoms with E-state index in [0.29, 0.717) is 6.42 Å². The van der Waals surface area contributed by atoms with Crippen molar-refractivity contribution in [2.24, 2.45) is 7.05 Å². The molecule has 1 atom stereocenters. The van der Waals surface area contributed by atoms with E-state index in [4.69, 9.17) is 0 Å². The van der Waals surface area contributed by atoms with Gasteiger partial charge in [-0.05, 0) is 12.5 Å². The Bertz CT molecular complexity index is 654. The zero-order valence-corrected chi connectivity index (χ0v) is 12.6. The molecule has 6 nitrogen and oxygen atoms in total. The van der Waals surface area contributed by atoms with Crippen LogP contribution in [0.2, 0.25) is 0 Å². The van der Waals surface area contributed by atoms with Crippen LogP contribution in [0.4, 0.5) is 13.2 Å². The molecule has 0 spiro atoms. The predicted octanol–water partition coefficient (Wildman–Crippen LogP) is 0.780. The summed E-state index contributed by atoms with van der Waals surface area (Å²) in [4.78, 5) is 11.8. The van der Waals surface area contributed by atoms with Gasteiger partial charge in [0.2, 0.25) is 15.9 Å². The zero-order valence-electron chi connectivity index (χ0n) is 11.8. The second-order valence-electron chi connectivity index (χ2n) is 5.16. The average Bonchev–Trinajstić information content (AvgIpc) is 2.92. The number of aromatic nitrogens is 1. The smallest absolute Gasteiger partial charge is 0.357 e. The van der Waals surface area contributed by atoms with Crippen molar-refractivity contribution in [2.45, 2.75) is 18.6 Å². The maximum Gasteiger partial charge on any atom is 0.412 e. The van der Waals surface area contributed by atoms with Gasteiger partial charge in [-0.2, -0.15) is 17.5 Å². The number of halogens is 3. The van der Waals surface area contributed by atoms with E-state index in [1.807, 2.05) is 5.32 Å². The third-order valence-corrected chi connectivity index (χ3v) is 5.25. The van der Waals surface area contributed by atoms with Crippen LogP contribution in [-0.4, -0.2) is 48.2 Å². The van der Waals surface area contributed by atoms with Gasteiger partial charge in [-0.3, -0.25) is 4.79 Å². The molecule has 0 unspecified atom stereocenters. The summed E-state index contributed by atoms with van der Waals surface area (Å²) in [6.45, 7) is -0.445. The number of nitrogens with one attached hydrogen (secondary N) is 1. The Hall–Kier alpha value is -1.55. The van der Waals surface area contributed by atoms with Crippen molar-refractivity contribution in [3.05, 3.63) is 24.0 Å². The fraction of sp³-hybridized carbons (Fsp3) is 0.583. The summed E-state index contributed by atoms with van der Waals surface area (Å²) >= 11 is 0. The summed E-state index contributed by atoms with van der Waals surface area (Å²) in [5.41, 5.74) is -0.104. The molecule has 1 aromatic rings. The lowest BCUT2D eigenvalue weighted by Gasteiger charge is -2.22. The number of aryl methyl sites for hydroxylation is 1. The molecule has 1 N–H and O–H groups in total. The molecule has 0 radical (unpaired) electrons.